The van der Waals surface area contributed by atoms with Crippen molar-refractivity contribution in [3.63, 3.8) is 0 Å². The number of fused-ring (bicyclic) bond motifs is 4. The minimum absolute atomic E-state index is 0. The Morgan fingerprint density at radius 3 is 0.776 bits per heavy atom. The summed E-state index contributed by atoms with van der Waals surface area (Å²) in [7, 11) is 0. The third-order valence-electron chi connectivity index (χ3n) is 12.2. The van der Waals surface area contributed by atoms with Crippen LogP contribution in [0.2, 0.25) is 0 Å². The van der Waals surface area contributed by atoms with Gasteiger partial charge in [-0.3, -0.25) is 9.59 Å². The van der Waals surface area contributed by atoms with Crippen molar-refractivity contribution >= 4 is 22.2 Å². The van der Waals surface area contributed by atoms with Crippen molar-refractivity contribution in [2.75, 3.05) is 0 Å². The molecular weight excluding hydrogens is 1070 g/mol. The minimum Gasteiger partial charge on any atom is -2.00 e. The third kappa shape index (κ3) is 11.5. The van der Waals surface area contributed by atoms with Crippen LogP contribution in [0.3, 0.4) is 0 Å². The van der Waals surface area contributed by atoms with Crippen molar-refractivity contribution < 1.29 is 61.1 Å². The SMILES string of the molecule is CC(C)(C)c1cc(C(C)(C)C)c(=O)c2nc3c([O-])c(C(C)(C)C)cc(C(C)(C)C)c3oc1-2.CC(C)(C)c1cc(C(C)(C)C)c(=O)c2nc3c([O-])c(C(C)(C)C)cc(C(C)(C)C)c3oc1-2.[O-2].[O-2].[U]. The molecule has 0 radical (unpaired) electrons. The Kier molecular flexibility index (Phi) is 16.4. The van der Waals surface area contributed by atoms with Crippen LogP contribution in [0.1, 0.15) is 211 Å². The van der Waals surface area contributed by atoms with Crippen LogP contribution < -0.4 is 21.1 Å². The Morgan fingerprint density at radius 1 is 0.358 bits per heavy atom. The van der Waals surface area contributed by atoms with E-state index in [1.807, 2.05) is 107 Å². The summed E-state index contributed by atoms with van der Waals surface area (Å²) < 4.78 is 13.0. The van der Waals surface area contributed by atoms with Crippen LogP contribution in [-0.4, -0.2) is 9.97 Å². The number of hydrogen-bond donors (Lipinski definition) is 0. The van der Waals surface area contributed by atoms with E-state index in [1.54, 1.807) is 0 Å². The predicted molar refractivity (Wildman–Crippen MR) is 264 cm³/mol. The molecule has 6 rings (SSSR count). The van der Waals surface area contributed by atoms with Gasteiger partial charge < -0.3 is 30.0 Å². The van der Waals surface area contributed by atoms with Gasteiger partial charge in [0.15, 0.2) is 34.1 Å². The quantitative estimate of drug-likeness (QED) is 0.134. The first kappa shape index (κ1) is 59.4. The zero-order valence-electron chi connectivity index (χ0n) is 45.0. The predicted octanol–water partition coefficient (Wildman–Crippen LogP) is 12.9. The first-order valence-electron chi connectivity index (χ1n) is 22.8. The summed E-state index contributed by atoms with van der Waals surface area (Å²) in [6.45, 7) is 49.5. The van der Waals surface area contributed by atoms with Gasteiger partial charge in [0.2, 0.25) is 10.9 Å². The molecule has 10 nitrogen and oxygen atoms in total. The van der Waals surface area contributed by atoms with Gasteiger partial charge in [0.25, 0.3) is 0 Å². The van der Waals surface area contributed by atoms with Gasteiger partial charge in [-0.25, -0.2) is 9.97 Å². The van der Waals surface area contributed by atoms with E-state index < -0.39 is 0 Å². The van der Waals surface area contributed by atoms with E-state index in [0.29, 0.717) is 44.9 Å². The molecule has 0 N–H and O–H groups in total. The molecule has 0 saturated heterocycles. The fourth-order valence-corrected chi connectivity index (χ4v) is 8.24. The third-order valence-corrected chi connectivity index (χ3v) is 12.2. The molecule has 2 aliphatic heterocycles. The second-order valence-electron chi connectivity index (χ2n) is 26.3. The van der Waals surface area contributed by atoms with E-state index in [2.05, 4.69) is 83.1 Å². The first-order valence-corrected chi connectivity index (χ1v) is 22.8. The number of hydrogen-bond acceptors (Lipinski definition) is 8. The number of nitrogens with zero attached hydrogens (tertiary/aromatic N) is 2. The Hall–Kier alpha value is -3.75. The van der Waals surface area contributed by atoms with E-state index >= 15 is 0 Å². The smallest absolute Gasteiger partial charge is 0.211 e. The molecule has 368 valence electrons. The monoisotopic (exact) mass is 1140 g/mol. The van der Waals surface area contributed by atoms with Gasteiger partial charge >= 0.3 is 0 Å². The molecule has 11 heteroatoms. The molecule has 0 unspecified atom stereocenters. The van der Waals surface area contributed by atoms with Gasteiger partial charge in [0.1, 0.15) is 0 Å². The molecule has 0 atom stereocenters. The standard InChI is InChI=1S/2C28H39NO3.2O.U/c2*1-25(2,3)15-13-17(27(7,8)9)23-19(21(15)30)29-20-22(31)16(26(4,5)6)14-18(24(20)32-23)28(10,11)12;;;/h2*13-14,30H,1-12H3;;;/q;;2*-2;/p-2. The van der Waals surface area contributed by atoms with Crippen LogP contribution in [0.25, 0.3) is 45.1 Å². The largest absolute Gasteiger partial charge is 2.00 e. The fourth-order valence-electron chi connectivity index (χ4n) is 8.24. The van der Waals surface area contributed by atoms with E-state index in [4.69, 9.17) is 18.8 Å². The Morgan fingerprint density at radius 2 is 0.567 bits per heavy atom. The second kappa shape index (κ2) is 18.5. The topological polar surface area (TPSA) is 189 Å². The van der Waals surface area contributed by atoms with Gasteiger partial charge in [-0.1, -0.05) is 190 Å². The molecule has 0 bridgehead atoms. The summed E-state index contributed by atoms with van der Waals surface area (Å²) >= 11 is 0. The number of rotatable bonds is 0. The summed E-state index contributed by atoms with van der Waals surface area (Å²) in [4.78, 5) is 36.6. The molecule has 0 spiro atoms. The van der Waals surface area contributed by atoms with Crippen molar-refractivity contribution in [3.05, 3.63) is 89.2 Å². The molecule has 2 heterocycles. The van der Waals surface area contributed by atoms with Crippen molar-refractivity contribution in [1.29, 1.82) is 0 Å². The maximum atomic E-state index is 13.5. The zero-order chi connectivity index (χ0) is 49.2. The molecule has 2 aromatic rings. The molecule has 0 amide bonds. The van der Waals surface area contributed by atoms with Gasteiger partial charge in [-0.05, 0) is 66.6 Å². The van der Waals surface area contributed by atoms with Crippen molar-refractivity contribution in [1.82, 2.24) is 9.97 Å². The van der Waals surface area contributed by atoms with Crippen LogP contribution >= 0.6 is 0 Å². The molecule has 0 aromatic heterocycles. The van der Waals surface area contributed by atoms with Gasteiger partial charge in [-0.2, -0.15) is 0 Å². The summed E-state index contributed by atoms with van der Waals surface area (Å²) in [5.74, 6) is 0.640. The van der Waals surface area contributed by atoms with Crippen LogP contribution in [0.5, 0.6) is 11.5 Å². The van der Waals surface area contributed by atoms with Crippen LogP contribution in [0.4, 0.5) is 0 Å². The Bertz CT molecular complexity index is 2650. The molecule has 67 heavy (non-hydrogen) atoms. The van der Waals surface area contributed by atoms with Gasteiger partial charge in [0, 0.05) is 64.5 Å². The molecule has 0 fully saturated rings. The average molecular weight is 1140 g/mol. The first-order chi connectivity index (χ1) is 28.5. The Balaban J connectivity index is 0.000000440. The molecule has 0 saturated carbocycles. The number of aromatic nitrogens is 2. The second-order valence-corrected chi connectivity index (χ2v) is 26.3. The summed E-state index contributed by atoms with van der Waals surface area (Å²) in [5.41, 5.74) is 5.62. The average Bonchev–Trinajstić information content (AvgIpc) is 3.07. The fraction of sp³-hybridized carbons (Fsp3) is 0.571. The summed E-state index contributed by atoms with van der Waals surface area (Å²) in [6.07, 6.45) is 0. The van der Waals surface area contributed by atoms with Crippen LogP contribution in [-0.2, 0) is 54.3 Å². The summed E-state index contributed by atoms with van der Waals surface area (Å²) in [5, 5.41) is 27.1. The zero-order valence-corrected chi connectivity index (χ0v) is 49.1. The maximum Gasteiger partial charge on any atom is 0.211 e. The van der Waals surface area contributed by atoms with Crippen LogP contribution in [0.15, 0.2) is 42.7 Å². The van der Waals surface area contributed by atoms with Gasteiger partial charge in [0.05, 0.1) is 11.0 Å². The molecular formula is C56H76N2O8U-6. The van der Waals surface area contributed by atoms with E-state index in [1.165, 1.54) is 0 Å². The van der Waals surface area contributed by atoms with Crippen molar-refractivity contribution in [3.8, 4) is 34.4 Å². The molecule has 2 aromatic carbocycles. The van der Waals surface area contributed by atoms with Crippen molar-refractivity contribution in [2.45, 2.75) is 209 Å². The maximum absolute atomic E-state index is 13.5. The minimum atomic E-state index is -0.355. The normalized spacial score (nSPS) is 13.3. The van der Waals surface area contributed by atoms with Crippen LogP contribution in [0, 0.1) is 31.1 Å². The molecule has 4 aliphatic rings. The number of benzene rings is 4. The van der Waals surface area contributed by atoms with Gasteiger partial charge in [-0.15, -0.1) is 0 Å². The molecule has 2 aliphatic carbocycles. The van der Waals surface area contributed by atoms with E-state index in [9.17, 15) is 19.8 Å². The van der Waals surface area contributed by atoms with E-state index in [0.717, 1.165) is 22.3 Å². The summed E-state index contributed by atoms with van der Waals surface area (Å²) in [6, 6.07) is 7.89. The van der Waals surface area contributed by atoms with E-state index in [-0.39, 0.29) is 130 Å². The Labute approximate surface area is 423 Å². The van der Waals surface area contributed by atoms with Crippen molar-refractivity contribution in [2.24, 2.45) is 0 Å².